The fraction of sp³-hybridized carbons (Fsp3) is 0.0588. The summed E-state index contributed by atoms with van der Waals surface area (Å²) >= 11 is 0. The third kappa shape index (κ3) is 4.21. The molecule has 0 saturated heterocycles. The van der Waals surface area contributed by atoms with Crippen molar-refractivity contribution in [1.29, 1.82) is 0 Å². The minimum Gasteiger partial charge on any atom is -0.508 e. The van der Waals surface area contributed by atoms with Crippen LogP contribution in [0.25, 0.3) is 6.08 Å². The first-order chi connectivity index (χ1) is 10.6. The van der Waals surface area contributed by atoms with E-state index in [1.807, 2.05) is 36.4 Å². The van der Waals surface area contributed by atoms with Gasteiger partial charge in [0.05, 0.1) is 11.3 Å². The molecule has 0 radical (unpaired) electrons. The van der Waals surface area contributed by atoms with E-state index in [9.17, 15) is 15.0 Å². The molecule has 0 saturated carbocycles. The van der Waals surface area contributed by atoms with Crippen molar-refractivity contribution in [2.75, 3.05) is 0 Å². The lowest BCUT2D eigenvalue weighted by molar-refractivity contribution is 0.0952. The van der Waals surface area contributed by atoms with Crippen molar-refractivity contribution in [2.45, 2.75) is 6.92 Å². The number of benzene rings is 2. The Balaban J connectivity index is 2.01. The minimum absolute atomic E-state index is 0.0430. The second kappa shape index (κ2) is 7.08. The summed E-state index contributed by atoms with van der Waals surface area (Å²) in [5.41, 5.74) is 4.03. The predicted molar refractivity (Wildman–Crippen MR) is 85.8 cm³/mol. The van der Waals surface area contributed by atoms with Crippen molar-refractivity contribution in [1.82, 2.24) is 5.43 Å². The summed E-state index contributed by atoms with van der Waals surface area (Å²) in [5, 5.41) is 22.7. The van der Waals surface area contributed by atoms with Gasteiger partial charge in [-0.25, -0.2) is 5.43 Å². The van der Waals surface area contributed by atoms with E-state index in [1.165, 1.54) is 12.1 Å². The van der Waals surface area contributed by atoms with Gasteiger partial charge in [0.25, 0.3) is 5.91 Å². The SMILES string of the molecule is CC(/C=C\c1ccccc1)=NNC(=O)c1ccc(O)cc1O. The number of nitrogens with zero attached hydrogens (tertiary/aromatic N) is 1. The van der Waals surface area contributed by atoms with Crippen LogP contribution in [-0.2, 0) is 0 Å². The van der Waals surface area contributed by atoms with E-state index in [0.29, 0.717) is 5.71 Å². The lowest BCUT2D eigenvalue weighted by Crippen LogP contribution is -2.18. The molecule has 3 N–H and O–H groups in total. The maximum absolute atomic E-state index is 11.9. The zero-order valence-corrected chi connectivity index (χ0v) is 12.0. The van der Waals surface area contributed by atoms with E-state index in [2.05, 4.69) is 10.5 Å². The van der Waals surface area contributed by atoms with Gasteiger partial charge in [0.2, 0.25) is 0 Å². The first kappa shape index (κ1) is 15.3. The molecule has 0 aliphatic rings. The Hall–Kier alpha value is -3.08. The second-order valence-corrected chi connectivity index (χ2v) is 4.64. The molecule has 2 aromatic carbocycles. The molecule has 1 amide bonds. The molecule has 0 aliphatic carbocycles. The minimum atomic E-state index is -0.551. The van der Waals surface area contributed by atoms with Gasteiger partial charge in [-0.05, 0) is 30.7 Å². The van der Waals surface area contributed by atoms with E-state index in [0.717, 1.165) is 11.6 Å². The van der Waals surface area contributed by atoms with Gasteiger partial charge in [0.1, 0.15) is 11.5 Å². The maximum Gasteiger partial charge on any atom is 0.275 e. The van der Waals surface area contributed by atoms with Gasteiger partial charge in [0.15, 0.2) is 0 Å². The Morgan fingerprint density at radius 3 is 2.55 bits per heavy atom. The van der Waals surface area contributed by atoms with Gasteiger partial charge in [-0.2, -0.15) is 5.10 Å². The van der Waals surface area contributed by atoms with Crippen LogP contribution < -0.4 is 5.43 Å². The topological polar surface area (TPSA) is 81.9 Å². The summed E-state index contributed by atoms with van der Waals surface area (Å²) in [6.07, 6.45) is 3.65. The second-order valence-electron chi connectivity index (χ2n) is 4.64. The molecule has 112 valence electrons. The number of carbonyl (C=O) groups is 1. The number of phenols is 2. The molecule has 2 rings (SSSR count). The summed E-state index contributed by atoms with van der Waals surface area (Å²) in [5.74, 6) is -0.963. The summed E-state index contributed by atoms with van der Waals surface area (Å²) in [7, 11) is 0. The van der Waals surface area contributed by atoms with Crippen LogP contribution in [0.2, 0.25) is 0 Å². The zero-order valence-electron chi connectivity index (χ0n) is 12.0. The van der Waals surface area contributed by atoms with E-state index in [-0.39, 0.29) is 17.1 Å². The molecule has 0 atom stereocenters. The smallest absolute Gasteiger partial charge is 0.275 e. The van der Waals surface area contributed by atoms with Gasteiger partial charge in [0, 0.05) is 6.07 Å². The third-order valence-corrected chi connectivity index (χ3v) is 2.88. The van der Waals surface area contributed by atoms with Crippen LogP contribution in [0.15, 0.2) is 59.7 Å². The number of hydrogen-bond acceptors (Lipinski definition) is 4. The van der Waals surface area contributed by atoms with Crippen LogP contribution in [-0.4, -0.2) is 21.8 Å². The Labute approximate surface area is 128 Å². The van der Waals surface area contributed by atoms with E-state index in [1.54, 1.807) is 13.0 Å². The van der Waals surface area contributed by atoms with Crippen molar-refractivity contribution in [3.05, 3.63) is 65.7 Å². The number of aromatic hydroxyl groups is 2. The normalized spacial score (nSPS) is 11.6. The van der Waals surface area contributed by atoms with Gasteiger partial charge in [-0.15, -0.1) is 0 Å². The van der Waals surface area contributed by atoms with Crippen molar-refractivity contribution >= 4 is 17.7 Å². The maximum atomic E-state index is 11.9. The first-order valence-electron chi connectivity index (χ1n) is 6.66. The van der Waals surface area contributed by atoms with Crippen molar-refractivity contribution in [2.24, 2.45) is 5.10 Å². The number of rotatable bonds is 4. The van der Waals surface area contributed by atoms with Gasteiger partial charge >= 0.3 is 0 Å². The molecule has 0 heterocycles. The largest absolute Gasteiger partial charge is 0.508 e. The number of allylic oxidation sites excluding steroid dienone is 1. The first-order valence-corrected chi connectivity index (χ1v) is 6.66. The van der Waals surface area contributed by atoms with Crippen molar-refractivity contribution in [3.8, 4) is 11.5 Å². The van der Waals surface area contributed by atoms with Crippen LogP contribution in [0.3, 0.4) is 0 Å². The van der Waals surface area contributed by atoms with Gasteiger partial charge < -0.3 is 10.2 Å². The molecule has 0 spiro atoms. The number of phenolic OH excluding ortho intramolecular Hbond substituents is 2. The van der Waals surface area contributed by atoms with Crippen LogP contribution in [0.5, 0.6) is 11.5 Å². The number of hydrazone groups is 1. The molecule has 2 aromatic rings. The fourth-order valence-corrected chi connectivity index (χ4v) is 1.73. The molecular weight excluding hydrogens is 280 g/mol. The Morgan fingerprint density at radius 2 is 1.86 bits per heavy atom. The predicted octanol–water partition coefficient (Wildman–Crippen LogP) is 2.92. The summed E-state index contributed by atoms with van der Waals surface area (Å²) < 4.78 is 0. The lowest BCUT2D eigenvalue weighted by atomic mass is 10.2. The average molecular weight is 296 g/mol. The van der Waals surface area contributed by atoms with Gasteiger partial charge in [-0.1, -0.05) is 36.4 Å². The third-order valence-electron chi connectivity index (χ3n) is 2.88. The van der Waals surface area contributed by atoms with Crippen LogP contribution in [0.1, 0.15) is 22.8 Å². The number of carbonyl (C=O) groups excluding carboxylic acids is 1. The number of nitrogens with one attached hydrogen (secondary N) is 1. The number of hydrogen-bond donors (Lipinski definition) is 3. The zero-order chi connectivity index (χ0) is 15.9. The monoisotopic (exact) mass is 296 g/mol. The molecule has 0 bridgehead atoms. The van der Waals surface area contributed by atoms with E-state index >= 15 is 0 Å². The standard InChI is InChI=1S/C17H16N2O3/c1-12(7-8-13-5-3-2-4-6-13)18-19-17(22)15-10-9-14(20)11-16(15)21/h2-11,20-21H,1H3,(H,19,22)/b8-7-,18-12?. The summed E-state index contributed by atoms with van der Waals surface area (Å²) in [6, 6.07) is 13.4. The van der Waals surface area contributed by atoms with Crippen molar-refractivity contribution < 1.29 is 15.0 Å². The Morgan fingerprint density at radius 1 is 1.14 bits per heavy atom. The molecule has 0 aliphatic heterocycles. The number of amides is 1. The fourth-order valence-electron chi connectivity index (χ4n) is 1.73. The van der Waals surface area contributed by atoms with Gasteiger partial charge in [-0.3, -0.25) is 4.79 Å². The summed E-state index contributed by atoms with van der Waals surface area (Å²) in [6.45, 7) is 1.75. The molecular formula is C17H16N2O3. The molecule has 0 unspecified atom stereocenters. The van der Waals surface area contributed by atoms with Crippen LogP contribution in [0, 0.1) is 0 Å². The average Bonchev–Trinajstić information content (AvgIpc) is 2.51. The Kier molecular flexibility index (Phi) is 4.93. The molecule has 22 heavy (non-hydrogen) atoms. The quantitative estimate of drug-likeness (QED) is 0.599. The highest BCUT2D eigenvalue weighted by Gasteiger charge is 2.10. The molecule has 0 fully saturated rings. The highest BCUT2D eigenvalue weighted by Crippen LogP contribution is 2.22. The Bertz CT molecular complexity index is 722. The molecule has 0 aromatic heterocycles. The van der Waals surface area contributed by atoms with E-state index < -0.39 is 5.91 Å². The highest BCUT2D eigenvalue weighted by molar-refractivity contribution is 6.00. The summed E-state index contributed by atoms with van der Waals surface area (Å²) in [4.78, 5) is 11.9. The van der Waals surface area contributed by atoms with Crippen molar-refractivity contribution in [3.63, 3.8) is 0 Å². The van der Waals surface area contributed by atoms with Crippen LogP contribution in [0.4, 0.5) is 0 Å². The van der Waals surface area contributed by atoms with E-state index in [4.69, 9.17) is 0 Å². The molecule has 5 heteroatoms. The lowest BCUT2D eigenvalue weighted by Gasteiger charge is -2.03. The molecule has 5 nitrogen and oxygen atoms in total. The highest BCUT2D eigenvalue weighted by atomic mass is 16.3. The van der Waals surface area contributed by atoms with Crippen LogP contribution >= 0.6 is 0 Å².